The van der Waals surface area contributed by atoms with E-state index in [2.05, 4.69) is 0 Å². The predicted octanol–water partition coefficient (Wildman–Crippen LogP) is 6.53. The molecule has 0 saturated carbocycles. The van der Waals surface area contributed by atoms with Crippen LogP contribution in [0, 0.1) is 11.3 Å². The van der Waals surface area contributed by atoms with Crippen LogP contribution in [0.1, 0.15) is 37.0 Å². The Morgan fingerprint density at radius 3 is 1.74 bits per heavy atom. The molecule has 2 aromatic carbocycles. The van der Waals surface area contributed by atoms with Crippen LogP contribution >= 0.6 is 0 Å². The lowest BCUT2D eigenvalue weighted by Gasteiger charge is -2.32. The van der Waals surface area contributed by atoms with Crippen molar-refractivity contribution >= 4 is 11.4 Å². The molecule has 0 amide bonds. The molecule has 0 aliphatic heterocycles. The number of hydrogen-bond donors (Lipinski definition) is 0. The highest BCUT2D eigenvalue weighted by atomic mass is 19.4. The molecule has 2 rings (SSSR count). The smallest absolute Gasteiger partial charge is 0.339 e. The molecule has 0 N–H and O–H groups in total. The van der Waals surface area contributed by atoms with Gasteiger partial charge in [0.05, 0.1) is 22.8 Å². The minimum Gasteiger partial charge on any atom is -0.339 e. The van der Waals surface area contributed by atoms with Gasteiger partial charge in [0, 0.05) is 17.4 Å². The van der Waals surface area contributed by atoms with Gasteiger partial charge in [0.2, 0.25) is 0 Å². The van der Waals surface area contributed by atoms with Crippen LogP contribution in [-0.4, -0.2) is 6.04 Å². The molecule has 0 fully saturated rings. The summed E-state index contributed by atoms with van der Waals surface area (Å²) in [5, 5.41) is 8.88. The van der Waals surface area contributed by atoms with Gasteiger partial charge >= 0.3 is 12.4 Å². The van der Waals surface area contributed by atoms with Crippen LogP contribution in [0.2, 0.25) is 0 Å². The van der Waals surface area contributed by atoms with E-state index in [0.717, 1.165) is 0 Å². The summed E-state index contributed by atoms with van der Waals surface area (Å²) in [4.78, 5) is 1.41. The summed E-state index contributed by atoms with van der Waals surface area (Å²) in [5.74, 6) is 0. The Labute approximate surface area is 152 Å². The number of rotatable bonds is 4. The maximum Gasteiger partial charge on any atom is 0.416 e. The molecule has 0 saturated heterocycles. The summed E-state index contributed by atoms with van der Waals surface area (Å²) in [6, 6.07) is 8.99. The number of nitriles is 1. The molecular formula is C19H16F6N2. The summed E-state index contributed by atoms with van der Waals surface area (Å²) in [7, 11) is 0. The van der Waals surface area contributed by atoms with E-state index in [1.165, 1.54) is 29.2 Å². The van der Waals surface area contributed by atoms with Crippen molar-refractivity contribution in [2.45, 2.75) is 38.7 Å². The molecule has 8 heteroatoms. The Morgan fingerprint density at radius 1 is 0.889 bits per heavy atom. The second kappa shape index (κ2) is 7.51. The van der Waals surface area contributed by atoms with Gasteiger partial charge in [-0.25, -0.2) is 0 Å². The minimum absolute atomic E-state index is 0.108. The van der Waals surface area contributed by atoms with Crippen molar-refractivity contribution in [3.8, 4) is 6.07 Å². The highest BCUT2D eigenvalue weighted by molar-refractivity contribution is 5.66. The molecule has 0 bridgehead atoms. The maximum absolute atomic E-state index is 13.2. The Balaban J connectivity index is 2.68. The van der Waals surface area contributed by atoms with Crippen LogP contribution in [0.25, 0.3) is 0 Å². The summed E-state index contributed by atoms with van der Waals surface area (Å²) in [6.07, 6.45) is -9.35. The summed E-state index contributed by atoms with van der Waals surface area (Å²) in [6.45, 7) is 3.48. The van der Waals surface area contributed by atoms with Crippen LogP contribution in [0.3, 0.4) is 0 Å². The van der Waals surface area contributed by atoms with E-state index >= 15 is 0 Å². The lowest BCUT2D eigenvalue weighted by atomic mass is 10.0. The SMILES string of the molecule is CCC(C)N(c1ccc(C#N)cc1)c1cc(C(F)(F)F)cc(C(F)(F)F)c1. The number of hydrogen-bond acceptors (Lipinski definition) is 2. The molecule has 144 valence electrons. The van der Waals surface area contributed by atoms with E-state index < -0.39 is 23.5 Å². The first-order valence-corrected chi connectivity index (χ1v) is 8.06. The van der Waals surface area contributed by atoms with Crippen molar-refractivity contribution in [1.29, 1.82) is 5.26 Å². The van der Waals surface area contributed by atoms with E-state index in [9.17, 15) is 26.3 Å². The highest BCUT2D eigenvalue weighted by Crippen LogP contribution is 2.40. The number of nitrogens with zero attached hydrogens (tertiary/aromatic N) is 2. The molecule has 2 aromatic rings. The molecule has 0 aliphatic carbocycles. The normalized spacial score (nSPS) is 13.1. The van der Waals surface area contributed by atoms with Crippen LogP contribution in [-0.2, 0) is 12.4 Å². The van der Waals surface area contributed by atoms with Crippen molar-refractivity contribution in [1.82, 2.24) is 0 Å². The van der Waals surface area contributed by atoms with Gasteiger partial charge in [-0.2, -0.15) is 31.6 Å². The maximum atomic E-state index is 13.2. The van der Waals surface area contributed by atoms with Crippen LogP contribution < -0.4 is 4.90 Å². The van der Waals surface area contributed by atoms with Crippen molar-refractivity contribution in [2.24, 2.45) is 0 Å². The third-order valence-corrected chi connectivity index (χ3v) is 4.16. The Morgan fingerprint density at radius 2 is 1.37 bits per heavy atom. The Bertz CT molecular complexity index is 799. The van der Waals surface area contributed by atoms with E-state index in [4.69, 9.17) is 5.26 Å². The third-order valence-electron chi connectivity index (χ3n) is 4.16. The lowest BCUT2D eigenvalue weighted by molar-refractivity contribution is -0.143. The second-order valence-corrected chi connectivity index (χ2v) is 6.05. The quantitative estimate of drug-likeness (QED) is 0.559. The van der Waals surface area contributed by atoms with E-state index in [-0.39, 0.29) is 17.8 Å². The van der Waals surface area contributed by atoms with Gasteiger partial charge in [-0.15, -0.1) is 0 Å². The van der Waals surface area contributed by atoms with Gasteiger partial charge in [0.1, 0.15) is 0 Å². The first kappa shape index (κ1) is 20.6. The number of benzene rings is 2. The van der Waals surface area contributed by atoms with Crippen molar-refractivity contribution in [3.63, 3.8) is 0 Å². The topological polar surface area (TPSA) is 27.0 Å². The molecular weight excluding hydrogens is 370 g/mol. The van der Waals surface area contributed by atoms with Crippen LogP contribution in [0.15, 0.2) is 42.5 Å². The fraction of sp³-hybridized carbons (Fsp3) is 0.316. The minimum atomic E-state index is -4.91. The van der Waals surface area contributed by atoms with E-state index in [0.29, 0.717) is 29.8 Å². The Hall–Kier alpha value is -2.69. The summed E-state index contributed by atoms with van der Waals surface area (Å²) >= 11 is 0. The van der Waals surface area contributed by atoms with E-state index in [1.807, 2.05) is 6.07 Å². The van der Waals surface area contributed by atoms with Gasteiger partial charge < -0.3 is 4.90 Å². The molecule has 0 aromatic heterocycles. The highest BCUT2D eigenvalue weighted by Gasteiger charge is 2.37. The molecule has 27 heavy (non-hydrogen) atoms. The van der Waals surface area contributed by atoms with Gasteiger partial charge in [-0.1, -0.05) is 6.92 Å². The second-order valence-electron chi connectivity index (χ2n) is 6.05. The molecule has 0 spiro atoms. The standard InChI is InChI=1S/C19H16F6N2/c1-3-12(2)27(16-6-4-13(11-26)5-7-16)17-9-14(18(20,21)22)8-15(10-17)19(23,24)25/h4-10,12H,3H2,1-2H3. The molecule has 1 atom stereocenters. The van der Waals surface area contributed by atoms with Gasteiger partial charge in [-0.05, 0) is 55.8 Å². The molecule has 0 aliphatic rings. The number of anilines is 2. The molecule has 1 unspecified atom stereocenters. The fourth-order valence-electron chi connectivity index (χ4n) is 2.61. The van der Waals surface area contributed by atoms with Crippen molar-refractivity contribution < 1.29 is 26.3 Å². The average molecular weight is 386 g/mol. The molecule has 0 heterocycles. The zero-order chi connectivity index (χ0) is 20.4. The van der Waals surface area contributed by atoms with Gasteiger partial charge in [-0.3, -0.25) is 0 Å². The average Bonchev–Trinajstić information content (AvgIpc) is 2.60. The first-order chi connectivity index (χ1) is 12.5. The first-order valence-electron chi connectivity index (χ1n) is 8.06. The number of halogens is 6. The van der Waals surface area contributed by atoms with Gasteiger partial charge in [0.25, 0.3) is 0 Å². The Kier molecular flexibility index (Phi) is 5.73. The van der Waals surface area contributed by atoms with E-state index in [1.54, 1.807) is 13.8 Å². The van der Waals surface area contributed by atoms with Crippen molar-refractivity contribution in [2.75, 3.05) is 4.90 Å². The number of alkyl halides is 6. The van der Waals surface area contributed by atoms with Gasteiger partial charge in [0.15, 0.2) is 0 Å². The third kappa shape index (κ3) is 4.73. The summed E-state index contributed by atoms with van der Waals surface area (Å²) in [5.41, 5.74) is -2.21. The van der Waals surface area contributed by atoms with Crippen LogP contribution in [0.5, 0.6) is 0 Å². The zero-order valence-electron chi connectivity index (χ0n) is 14.5. The lowest BCUT2D eigenvalue weighted by Crippen LogP contribution is -2.28. The fourth-order valence-corrected chi connectivity index (χ4v) is 2.61. The summed E-state index contributed by atoms with van der Waals surface area (Å²) < 4.78 is 79.0. The molecule has 0 radical (unpaired) electrons. The van der Waals surface area contributed by atoms with Crippen LogP contribution in [0.4, 0.5) is 37.7 Å². The monoisotopic (exact) mass is 386 g/mol. The molecule has 2 nitrogen and oxygen atoms in total. The van der Waals surface area contributed by atoms with Crippen molar-refractivity contribution in [3.05, 3.63) is 59.2 Å². The predicted molar refractivity (Wildman–Crippen MR) is 89.5 cm³/mol. The largest absolute Gasteiger partial charge is 0.416 e. The zero-order valence-corrected chi connectivity index (χ0v) is 14.5.